The second kappa shape index (κ2) is 5.87. The number of piperidine rings is 1. The van der Waals surface area contributed by atoms with Crippen molar-refractivity contribution in [1.82, 2.24) is 14.8 Å². The van der Waals surface area contributed by atoms with E-state index >= 15 is 0 Å². The first-order valence-corrected chi connectivity index (χ1v) is 7.49. The van der Waals surface area contributed by atoms with Gasteiger partial charge in [-0.3, -0.25) is 4.57 Å². The molecule has 0 saturated carbocycles. The van der Waals surface area contributed by atoms with Gasteiger partial charge in [0, 0.05) is 18.6 Å². The van der Waals surface area contributed by atoms with E-state index in [4.69, 9.17) is 12.2 Å². The van der Waals surface area contributed by atoms with Gasteiger partial charge in [0.1, 0.15) is 0 Å². The molecule has 0 aliphatic carbocycles. The van der Waals surface area contributed by atoms with E-state index in [1.165, 1.54) is 32.1 Å². The smallest absolute Gasteiger partial charge is 0.226 e. The molecule has 1 unspecified atom stereocenters. The summed E-state index contributed by atoms with van der Waals surface area (Å²) in [5.41, 5.74) is 0. The summed E-state index contributed by atoms with van der Waals surface area (Å²) in [6.07, 6.45) is 6.36. The highest BCUT2D eigenvalue weighted by atomic mass is 32.1. The zero-order valence-electron chi connectivity index (χ0n) is 11.6. The lowest BCUT2D eigenvalue weighted by atomic mass is 9.99. The number of hydrogen-bond acceptors (Lipinski definition) is 3. The van der Waals surface area contributed by atoms with Crippen molar-refractivity contribution in [2.24, 2.45) is 0 Å². The molecule has 1 atom stereocenters. The van der Waals surface area contributed by atoms with E-state index in [-0.39, 0.29) is 0 Å². The molecule has 102 valence electrons. The quantitative estimate of drug-likeness (QED) is 0.846. The van der Waals surface area contributed by atoms with Crippen molar-refractivity contribution in [3.63, 3.8) is 0 Å². The predicted octanol–water partition coefficient (Wildman–Crippen LogP) is 3.68. The van der Waals surface area contributed by atoms with Crippen LogP contribution in [0.15, 0.2) is 0 Å². The van der Waals surface area contributed by atoms with Crippen LogP contribution in [0, 0.1) is 4.77 Å². The molecule has 0 radical (unpaired) electrons. The van der Waals surface area contributed by atoms with Gasteiger partial charge in [0.2, 0.25) is 5.95 Å². The number of anilines is 1. The molecular formula is C13H24N4S. The number of nitrogens with zero attached hydrogens (tertiary/aromatic N) is 3. The molecule has 0 aromatic carbocycles. The minimum atomic E-state index is 0.357. The molecule has 1 fully saturated rings. The Morgan fingerprint density at radius 1 is 1.44 bits per heavy atom. The third kappa shape index (κ3) is 2.60. The van der Waals surface area contributed by atoms with Crippen molar-refractivity contribution in [3.05, 3.63) is 4.77 Å². The highest BCUT2D eigenvalue weighted by molar-refractivity contribution is 7.71. The Hall–Kier alpha value is -0.840. The number of nitrogens with one attached hydrogen (secondary N) is 1. The van der Waals surface area contributed by atoms with Gasteiger partial charge >= 0.3 is 0 Å². The van der Waals surface area contributed by atoms with E-state index in [1.807, 2.05) is 0 Å². The van der Waals surface area contributed by atoms with Gasteiger partial charge in [-0.05, 0) is 51.7 Å². The van der Waals surface area contributed by atoms with E-state index < -0.39 is 0 Å². The van der Waals surface area contributed by atoms with Gasteiger partial charge in [0.05, 0.1) is 0 Å². The van der Waals surface area contributed by atoms with E-state index in [0.717, 1.165) is 17.3 Å². The lowest BCUT2D eigenvalue weighted by molar-refractivity contribution is 0.418. The summed E-state index contributed by atoms with van der Waals surface area (Å²) in [6, 6.07) is 0.988. The topological polar surface area (TPSA) is 36.9 Å². The molecule has 1 aliphatic rings. The fourth-order valence-corrected chi connectivity index (χ4v) is 3.20. The maximum atomic E-state index is 5.34. The van der Waals surface area contributed by atoms with Crippen LogP contribution in [0.2, 0.25) is 0 Å². The second-order valence-electron chi connectivity index (χ2n) is 5.42. The molecule has 1 aliphatic heterocycles. The second-order valence-corrected chi connectivity index (χ2v) is 5.81. The average Bonchev–Trinajstić information content (AvgIpc) is 2.72. The Morgan fingerprint density at radius 3 is 2.89 bits per heavy atom. The van der Waals surface area contributed by atoms with Crippen LogP contribution in [-0.2, 0) is 0 Å². The maximum absolute atomic E-state index is 5.34. The van der Waals surface area contributed by atoms with Gasteiger partial charge in [-0.15, -0.1) is 5.10 Å². The Labute approximate surface area is 114 Å². The van der Waals surface area contributed by atoms with Crippen molar-refractivity contribution >= 4 is 18.2 Å². The fraction of sp³-hybridized carbons (Fsp3) is 0.846. The predicted molar refractivity (Wildman–Crippen MR) is 77.7 cm³/mol. The number of aromatic nitrogens is 3. The molecule has 4 nitrogen and oxygen atoms in total. The Bertz CT molecular complexity index is 432. The Balaban J connectivity index is 2.30. The number of rotatable bonds is 4. The van der Waals surface area contributed by atoms with Crippen LogP contribution in [0.3, 0.4) is 0 Å². The van der Waals surface area contributed by atoms with E-state index in [0.29, 0.717) is 12.1 Å². The van der Waals surface area contributed by atoms with Crippen LogP contribution in [-0.4, -0.2) is 27.4 Å². The van der Waals surface area contributed by atoms with E-state index in [9.17, 15) is 0 Å². The summed E-state index contributed by atoms with van der Waals surface area (Å²) in [4.78, 5) is 2.46. The normalized spacial score (nSPS) is 20.7. The van der Waals surface area contributed by atoms with Gasteiger partial charge in [-0.2, -0.15) is 0 Å². The van der Waals surface area contributed by atoms with E-state index in [2.05, 4.69) is 40.4 Å². The zero-order chi connectivity index (χ0) is 13.1. The van der Waals surface area contributed by atoms with Gasteiger partial charge in [-0.25, -0.2) is 5.10 Å². The molecule has 0 bridgehead atoms. The van der Waals surface area contributed by atoms with Gasteiger partial charge < -0.3 is 4.90 Å². The first-order valence-electron chi connectivity index (χ1n) is 7.08. The number of hydrogen-bond donors (Lipinski definition) is 1. The van der Waals surface area contributed by atoms with Crippen molar-refractivity contribution < 1.29 is 0 Å². The third-order valence-electron chi connectivity index (χ3n) is 3.71. The largest absolute Gasteiger partial charge is 0.338 e. The van der Waals surface area contributed by atoms with Gasteiger partial charge in [0.25, 0.3) is 0 Å². The van der Waals surface area contributed by atoms with Crippen molar-refractivity contribution in [1.29, 1.82) is 0 Å². The molecule has 1 saturated heterocycles. The Morgan fingerprint density at radius 2 is 2.22 bits per heavy atom. The Kier molecular flexibility index (Phi) is 4.43. The third-order valence-corrected chi connectivity index (χ3v) is 4.00. The first-order chi connectivity index (χ1) is 8.65. The van der Waals surface area contributed by atoms with Crippen molar-refractivity contribution in [3.8, 4) is 0 Å². The summed E-state index contributed by atoms with van der Waals surface area (Å²) in [5, 5.41) is 7.42. The SMILES string of the molecule is CCCC1CCCCN1c1n[nH]c(=S)n1C(C)C. The van der Waals surface area contributed by atoms with Crippen LogP contribution in [0.5, 0.6) is 0 Å². The van der Waals surface area contributed by atoms with Crippen molar-refractivity contribution in [2.45, 2.75) is 65.0 Å². The minimum absolute atomic E-state index is 0.357. The monoisotopic (exact) mass is 268 g/mol. The lowest BCUT2D eigenvalue weighted by Crippen LogP contribution is -2.41. The summed E-state index contributed by atoms with van der Waals surface area (Å²) in [6.45, 7) is 7.69. The molecule has 0 amide bonds. The van der Waals surface area contributed by atoms with Crippen LogP contribution in [0.1, 0.15) is 58.9 Å². The average molecular weight is 268 g/mol. The summed E-state index contributed by atoms with van der Waals surface area (Å²) in [5.74, 6) is 1.04. The zero-order valence-corrected chi connectivity index (χ0v) is 12.5. The van der Waals surface area contributed by atoms with Crippen LogP contribution in [0.25, 0.3) is 0 Å². The van der Waals surface area contributed by atoms with Gasteiger partial charge in [0.15, 0.2) is 4.77 Å². The molecule has 1 aromatic rings. The number of H-pyrrole nitrogens is 1. The minimum Gasteiger partial charge on any atom is -0.338 e. The lowest BCUT2D eigenvalue weighted by Gasteiger charge is -2.36. The van der Waals surface area contributed by atoms with Crippen LogP contribution in [0.4, 0.5) is 5.95 Å². The molecular weight excluding hydrogens is 244 g/mol. The molecule has 2 rings (SSSR count). The molecule has 1 N–H and O–H groups in total. The highest BCUT2D eigenvalue weighted by Gasteiger charge is 2.26. The molecule has 1 aromatic heterocycles. The molecule has 2 heterocycles. The molecule has 0 spiro atoms. The van der Waals surface area contributed by atoms with E-state index in [1.54, 1.807) is 0 Å². The summed E-state index contributed by atoms with van der Waals surface area (Å²) >= 11 is 5.34. The summed E-state index contributed by atoms with van der Waals surface area (Å²) in [7, 11) is 0. The van der Waals surface area contributed by atoms with Crippen molar-refractivity contribution in [2.75, 3.05) is 11.4 Å². The molecule has 5 heteroatoms. The van der Waals surface area contributed by atoms with Gasteiger partial charge in [-0.1, -0.05) is 13.3 Å². The standard InChI is InChI=1S/C13H24N4S/c1-4-7-11-8-5-6-9-16(11)12-14-15-13(18)17(12)10(2)3/h10-11H,4-9H2,1-3H3,(H,15,18). The molecule has 18 heavy (non-hydrogen) atoms. The summed E-state index contributed by atoms with van der Waals surface area (Å²) < 4.78 is 2.88. The maximum Gasteiger partial charge on any atom is 0.226 e. The number of aromatic amines is 1. The van der Waals surface area contributed by atoms with Crippen LogP contribution >= 0.6 is 12.2 Å². The van der Waals surface area contributed by atoms with Crippen LogP contribution < -0.4 is 4.90 Å². The first kappa shape index (κ1) is 13.6. The highest BCUT2D eigenvalue weighted by Crippen LogP contribution is 2.27. The fourth-order valence-electron chi connectivity index (χ4n) is 2.86.